The first-order valence-corrected chi connectivity index (χ1v) is 20.7. The smallest absolute Gasteiger partial charge is 0.193 e. The summed E-state index contributed by atoms with van der Waals surface area (Å²) < 4.78 is 14.0. The lowest BCUT2D eigenvalue weighted by atomic mass is 9.53. The van der Waals surface area contributed by atoms with E-state index < -0.39 is 16.6 Å². The molecule has 0 radical (unpaired) electrons. The van der Waals surface area contributed by atoms with Crippen LogP contribution in [-0.4, -0.2) is 34.6 Å². The lowest BCUT2D eigenvalue weighted by Gasteiger charge is -2.52. The first-order chi connectivity index (χ1) is 16.4. The molecule has 0 bridgehead atoms. The van der Waals surface area contributed by atoms with Crippen LogP contribution >= 0.6 is 0 Å². The van der Waals surface area contributed by atoms with E-state index in [1.807, 2.05) is 0 Å². The molecule has 0 aromatic carbocycles. The lowest BCUT2D eigenvalue weighted by molar-refractivity contribution is -0.151. The van der Waals surface area contributed by atoms with Crippen molar-refractivity contribution in [2.75, 3.05) is 0 Å². The van der Waals surface area contributed by atoms with Crippen molar-refractivity contribution in [1.29, 1.82) is 0 Å². The molecule has 36 heavy (non-hydrogen) atoms. The zero-order chi connectivity index (χ0) is 27.1. The van der Waals surface area contributed by atoms with E-state index >= 15 is 0 Å². The highest BCUT2D eigenvalue weighted by atomic mass is 28.4. The average molecular weight is 533 g/mol. The number of hydrogen-bond acceptors (Lipinski definition) is 3. The second-order valence-corrected chi connectivity index (χ2v) is 24.8. The Bertz CT molecular complexity index is 833. The Morgan fingerprint density at radius 2 is 1.47 bits per heavy atom. The molecule has 0 aliphatic heterocycles. The number of carbonyl (C=O) groups excluding carboxylic acids is 1. The van der Waals surface area contributed by atoms with Gasteiger partial charge in [-0.25, -0.2) is 0 Å². The summed E-state index contributed by atoms with van der Waals surface area (Å²) in [5, 5.41) is 0.330. The fourth-order valence-electron chi connectivity index (χ4n) is 6.07. The first-order valence-electron chi connectivity index (χ1n) is 14.8. The summed E-state index contributed by atoms with van der Waals surface area (Å²) in [4.78, 5) is 12.7. The molecule has 0 amide bonds. The third kappa shape index (κ3) is 6.59. The molecule has 0 saturated heterocycles. The van der Waals surface area contributed by atoms with Crippen LogP contribution in [0.4, 0.5) is 0 Å². The van der Waals surface area contributed by atoms with E-state index in [1.165, 1.54) is 32.1 Å². The van der Waals surface area contributed by atoms with Gasteiger partial charge in [-0.3, -0.25) is 4.79 Å². The maximum absolute atomic E-state index is 12.7. The highest BCUT2D eigenvalue weighted by Gasteiger charge is 2.56. The van der Waals surface area contributed by atoms with Crippen molar-refractivity contribution in [2.24, 2.45) is 29.6 Å². The van der Waals surface area contributed by atoms with E-state index in [0.717, 1.165) is 25.2 Å². The number of Topliss-reactive ketones (excluding diaryl/α,β-unsaturated/α-hetero) is 1. The van der Waals surface area contributed by atoms with Crippen molar-refractivity contribution in [3.05, 3.63) is 0 Å². The number of carbonyl (C=O) groups is 1. The molecule has 3 aliphatic carbocycles. The minimum atomic E-state index is -1.94. The Balaban J connectivity index is 1.90. The third-order valence-corrected chi connectivity index (χ3v) is 19.6. The van der Waals surface area contributed by atoms with Gasteiger partial charge in [0.1, 0.15) is 11.9 Å². The van der Waals surface area contributed by atoms with Crippen LogP contribution in [0.15, 0.2) is 0 Å². The molecule has 6 atom stereocenters. The van der Waals surface area contributed by atoms with Crippen molar-refractivity contribution in [3.63, 3.8) is 0 Å². The summed E-state index contributed by atoms with van der Waals surface area (Å²) in [5.74, 6) is 9.48. The van der Waals surface area contributed by atoms with E-state index in [4.69, 9.17) is 8.85 Å². The summed E-state index contributed by atoms with van der Waals surface area (Å²) in [6.45, 7) is 25.4. The molecule has 3 saturated carbocycles. The number of fused-ring (bicyclic) bond motifs is 1. The Kier molecular flexibility index (Phi) is 9.20. The molecule has 3 fully saturated rings. The molecule has 0 aromatic rings. The minimum Gasteiger partial charge on any atom is -0.413 e. The highest BCUT2D eigenvalue weighted by Crippen LogP contribution is 2.51. The summed E-state index contributed by atoms with van der Waals surface area (Å²) in [5.41, 5.74) is 0. The molecule has 0 heterocycles. The molecule has 0 N–H and O–H groups in total. The van der Waals surface area contributed by atoms with Crippen LogP contribution < -0.4 is 0 Å². The molecule has 206 valence electrons. The molecular weight excluding hydrogens is 477 g/mol. The van der Waals surface area contributed by atoms with E-state index in [9.17, 15) is 4.79 Å². The largest absolute Gasteiger partial charge is 0.413 e. The van der Waals surface area contributed by atoms with Crippen LogP contribution in [-0.2, 0) is 13.6 Å². The number of ketones is 1. The van der Waals surface area contributed by atoms with Gasteiger partial charge in [0, 0.05) is 17.8 Å². The molecule has 0 aromatic heterocycles. The van der Waals surface area contributed by atoms with Crippen LogP contribution in [0.25, 0.3) is 0 Å². The molecule has 5 heteroatoms. The zero-order valence-electron chi connectivity index (χ0n) is 25.4. The van der Waals surface area contributed by atoms with Gasteiger partial charge in [0.05, 0.1) is 6.10 Å². The van der Waals surface area contributed by atoms with Crippen molar-refractivity contribution in [1.82, 2.24) is 0 Å². The van der Waals surface area contributed by atoms with Crippen molar-refractivity contribution in [2.45, 2.75) is 148 Å². The van der Waals surface area contributed by atoms with Crippen LogP contribution in [0.3, 0.4) is 0 Å². The van der Waals surface area contributed by atoms with Gasteiger partial charge in [-0.05, 0) is 67.4 Å². The second-order valence-electron chi connectivity index (χ2n) is 15.3. The van der Waals surface area contributed by atoms with Gasteiger partial charge < -0.3 is 8.85 Å². The van der Waals surface area contributed by atoms with Crippen molar-refractivity contribution < 1.29 is 13.6 Å². The van der Waals surface area contributed by atoms with Crippen LogP contribution in [0.5, 0.6) is 0 Å². The Hall–Kier alpha value is -0.416. The summed E-state index contributed by atoms with van der Waals surface area (Å²) >= 11 is 0. The second kappa shape index (κ2) is 11.0. The van der Waals surface area contributed by atoms with E-state index in [-0.39, 0.29) is 40.0 Å². The van der Waals surface area contributed by atoms with Gasteiger partial charge in [0.25, 0.3) is 0 Å². The topological polar surface area (TPSA) is 35.5 Å². The maximum Gasteiger partial charge on any atom is 0.193 e. The molecule has 3 nitrogen and oxygen atoms in total. The van der Waals surface area contributed by atoms with Gasteiger partial charge in [-0.2, -0.15) is 0 Å². The maximum atomic E-state index is 12.7. The predicted octanol–water partition coefficient (Wildman–Crippen LogP) is 8.60. The predicted molar refractivity (Wildman–Crippen MR) is 157 cm³/mol. The Morgan fingerprint density at radius 1 is 0.889 bits per heavy atom. The van der Waals surface area contributed by atoms with E-state index in [0.29, 0.717) is 11.7 Å². The molecule has 3 rings (SSSR count). The summed E-state index contributed by atoms with van der Waals surface area (Å²) in [6, 6.07) is 0. The van der Waals surface area contributed by atoms with Gasteiger partial charge >= 0.3 is 0 Å². The monoisotopic (exact) mass is 532 g/mol. The fraction of sp³-hybridized carbons (Fsp3) is 0.903. The van der Waals surface area contributed by atoms with Gasteiger partial charge in [0.15, 0.2) is 16.6 Å². The number of rotatable bonds is 6. The minimum absolute atomic E-state index is 0.00558. The number of hydrogen-bond donors (Lipinski definition) is 0. The van der Waals surface area contributed by atoms with Crippen LogP contribution in [0, 0.1) is 41.4 Å². The molecule has 0 spiro atoms. The quantitative estimate of drug-likeness (QED) is 0.254. The SMILES string of the molecule is CC1C(=O)[C@@H]2CC[C@H](O[Si](C)(C)C(C)(C)C)[C@@H](C#C[C@H](CC3CCCCC3)O[Si](C)(C)C(C)(C)C)[C@H]12. The zero-order valence-corrected chi connectivity index (χ0v) is 27.4. The van der Waals surface area contributed by atoms with Crippen LogP contribution in [0.1, 0.15) is 99.8 Å². The molecular formula is C31H56O3Si2. The van der Waals surface area contributed by atoms with Crippen molar-refractivity contribution in [3.8, 4) is 11.8 Å². The Labute approximate surface area is 225 Å². The average Bonchev–Trinajstić information content (AvgIpc) is 2.76. The summed E-state index contributed by atoms with van der Waals surface area (Å²) in [6.07, 6.45) is 9.82. The standard InChI is InChI=1S/C31H56O3Si2/c1-22-28-25(27(20-19-26(28)29(22)32)34-36(10,11)31(5,6)7)18-17-24(21-23-15-13-12-14-16-23)33-35(8,9)30(2,3)4/h22-28H,12-16,19-21H2,1-11H3/t22?,24-,25-,26-,27+,28+/m1/s1. The van der Waals surface area contributed by atoms with Gasteiger partial charge in [0.2, 0.25) is 0 Å². The van der Waals surface area contributed by atoms with E-state index in [2.05, 4.69) is 86.5 Å². The first kappa shape index (κ1) is 30.1. The molecule has 1 unspecified atom stereocenters. The van der Waals surface area contributed by atoms with Gasteiger partial charge in [-0.15, -0.1) is 0 Å². The van der Waals surface area contributed by atoms with Gasteiger partial charge in [-0.1, -0.05) is 92.4 Å². The van der Waals surface area contributed by atoms with E-state index in [1.54, 1.807) is 0 Å². The third-order valence-electron chi connectivity index (χ3n) is 10.6. The Morgan fingerprint density at radius 3 is 2.03 bits per heavy atom. The van der Waals surface area contributed by atoms with Crippen LogP contribution in [0.2, 0.25) is 36.3 Å². The lowest BCUT2D eigenvalue weighted by Crippen LogP contribution is -2.57. The fourth-order valence-corrected chi connectivity index (χ4v) is 8.67. The summed E-state index contributed by atoms with van der Waals surface area (Å²) in [7, 11) is -3.87. The highest BCUT2D eigenvalue weighted by molar-refractivity contribution is 6.74. The molecule has 3 aliphatic rings. The normalized spacial score (nSPS) is 31.2. The van der Waals surface area contributed by atoms with Crippen molar-refractivity contribution >= 4 is 22.4 Å².